The Kier molecular flexibility index (Phi) is 5.08. The number of H-pyrrole nitrogens is 1. The van der Waals surface area contributed by atoms with Crippen molar-refractivity contribution in [2.75, 3.05) is 0 Å². The first-order valence-corrected chi connectivity index (χ1v) is 6.91. The minimum Gasteiger partial charge on any atom is -1.00 e. The number of nitrogens with zero attached hydrogens (tertiary/aromatic N) is 2. The first kappa shape index (κ1) is 14.9. The van der Waals surface area contributed by atoms with E-state index in [1.54, 1.807) is 11.3 Å². The molecular weight excluding hydrogens is 381 g/mol. The monoisotopic (exact) mass is 395 g/mol. The molecule has 0 aliphatic carbocycles. The summed E-state index contributed by atoms with van der Waals surface area (Å²) in [6.45, 7) is 0. The molecule has 0 radical (unpaired) electrons. The summed E-state index contributed by atoms with van der Waals surface area (Å²) in [5.74, 6) is 0. The fourth-order valence-electron chi connectivity index (χ4n) is 1.85. The lowest BCUT2D eigenvalue weighted by atomic mass is 10.1. The normalized spacial score (nSPS) is 10.7. The molecule has 0 atom stereocenters. The summed E-state index contributed by atoms with van der Waals surface area (Å²) in [6, 6.07) is 8.31. The van der Waals surface area contributed by atoms with Gasteiger partial charge in [-0.05, 0) is 17.0 Å². The van der Waals surface area contributed by atoms with Crippen LogP contribution in [-0.4, -0.2) is 10.2 Å². The third-order valence-corrected chi connectivity index (χ3v) is 3.78. The molecule has 20 heavy (non-hydrogen) atoms. The highest BCUT2D eigenvalue weighted by atomic mass is 127. The second kappa shape index (κ2) is 6.81. The van der Waals surface area contributed by atoms with E-state index < -0.39 is 0 Å². The number of rotatable bonds is 3. The van der Waals surface area contributed by atoms with Gasteiger partial charge < -0.3 is 24.0 Å². The Morgan fingerprint density at radius 2 is 2.00 bits per heavy atom. The van der Waals surface area contributed by atoms with E-state index in [0.717, 1.165) is 11.3 Å². The highest BCUT2D eigenvalue weighted by Crippen LogP contribution is 2.26. The van der Waals surface area contributed by atoms with Gasteiger partial charge >= 0.3 is 0 Å². The fourth-order valence-corrected chi connectivity index (χ4v) is 2.59. The number of thiophene rings is 1. The summed E-state index contributed by atoms with van der Waals surface area (Å²) in [5, 5.41) is 9.26. The largest absolute Gasteiger partial charge is 1.00 e. The van der Waals surface area contributed by atoms with Gasteiger partial charge in [-0.2, -0.15) is 5.10 Å². The minimum atomic E-state index is 0. The zero-order valence-corrected chi connectivity index (χ0v) is 13.9. The molecule has 3 nitrogen and oxygen atoms in total. The van der Waals surface area contributed by atoms with Crippen LogP contribution in [0.15, 0.2) is 48.2 Å². The van der Waals surface area contributed by atoms with Gasteiger partial charge in [-0.25, -0.2) is 4.57 Å². The van der Waals surface area contributed by atoms with E-state index in [9.17, 15) is 0 Å². The molecule has 0 aliphatic rings. The molecular formula is C15H14IN3S. The maximum absolute atomic E-state index is 4.13. The molecule has 0 aliphatic heterocycles. The van der Waals surface area contributed by atoms with Crippen molar-refractivity contribution in [3.63, 3.8) is 0 Å². The van der Waals surface area contributed by atoms with Gasteiger partial charge in [0.15, 0.2) is 12.4 Å². The van der Waals surface area contributed by atoms with Crippen molar-refractivity contribution in [3.8, 4) is 10.6 Å². The van der Waals surface area contributed by atoms with E-state index in [4.69, 9.17) is 0 Å². The number of aromatic nitrogens is 3. The first-order valence-electron chi connectivity index (χ1n) is 6.03. The predicted octanol–water partition coefficient (Wildman–Crippen LogP) is 0.137. The van der Waals surface area contributed by atoms with Gasteiger partial charge in [0.1, 0.15) is 7.05 Å². The molecule has 1 N–H and O–H groups in total. The van der Waals surface area contributed by atoms with E-state index in [1.807, 2.05) is 36.3 Å². The van der Waals surface area contributed by atoms with Crippen molar-refractivity contribution < 1.29 is 28.5 Å². The summed E-state index contributed by atoms with van der Waals surface area (Å²) < 4.78 is 2.02. The summed E-state index contributed by atoms with van der Waals surface area (Å²) in [4.78, 5) is 1.21. The van der Waals surface area contributed by atoms with Crippen molar-refractivity contribution in [1.82, 2.24) is 10.2 Å². The Hall–Kier alpha value is -1.47. The van der Waals surface area contributed by atoms with Crippen LogP contribution >= 0.6 is 11.3 Å². The Morgan fingerprint density at radius 3 is 2.70 bits per heavy atom. The lowest BCUT2D eigenvalue weighted by molar-refractivity contribution is -0.671. The van der Waals surface area contributed by atoms with Crippen molar-refractivity contribution in [1.29, 1.82) is 0 Å². The molecule has 102 valence electrons. The summed E-state index contributed by atoms with van der Waals surface area (Å²) in [5.41, 5.74) is 3.36. The topological polar surface area (TPSA) is 32.6 Å². The molecule has 0 bridgehead atoms. The van der Waals surface area contributed by atoms with Gasteiger partial charge in [0.05, 0.1) is 16.8 Å². The highest BCUT2D eigenvalue weighted by Gasteiger charge is 2.05. The third kappa shape index (κ3) is 3.34. The van der Waals surface area contributed by atoms with E-state index in [2.05, 4.69) is 45.9 Å². The predicted molar refractivity (Wildman–Crippen MR) is 78.4 cm³/mol. The van der Waals surface area contributed by atoms with Crippen LogP contribution in [0.1, 0.15) is 11.1 Å². The van der Waals surface area contributed by atoms with Crippen LogP contribution in [0.5, 0.6) is 0 Å². The van der Waals surface area contributed by atoms with E-state index >= 15 is 0 Å². The van der Waals surface area contributed by atoms with E-state index in [-0.39, 0.29) is 24.0 Å². The van der Waals surface area contributed by atoms with Crippen LogP contribution < -0.4 is 28.5 Å². The second-order valence-electron chi connectivity index (χ2n) is 4.31. The first-order chi connectivity index (χ1) is 9.33. The number of aromatic amines is 1. The van der Waals surface area contributed by atoms with Gasteiger partial charge in [0.2, 0.25) is 0 Å². The third-order valence-electron chi connectivity index (χ3n) is 2.90. The zero-order chi connectivity index (χ0) is 13.1. The van der Waals surface area contributed by atoms with Gasteiger partial charge in [0.25, 0.3) is 0 Å². The number of hydrogen-bond acceptors (Lipinski definition) is 2. The summed E-state index contributed by atoms with van der Waals surface area (Å²) in [6.07, 6.45) is 10.1. The molecule has 3 rings (SSSR count). The van der Waals surface area contributed by atoms with Gasteiger partial charge in [0, 0.05) is 17.7 Å². The van der Waals surface area contributed by atoms with Gasteiger partial charge in [-0.15, -0.1) is 11.3 Å². The van der Waals surface area contributed by atoms with Crippen LogP contribution in [0.3, 0.4) is 0 Å². The van der Waals surface area contributed by atoms with E-state index in [0.29, 0.717) is 0 Å². The summed E-state index contributed by atoms with van der Waals surface area (Å²) >= 11 is 1.71. The molecule has 0 spiro atoms. The van der Waals surface area contributed by atoms with Crippen molar-refractivity contribution in [2.24, 2.45) is 7.05 Å². The standard InChI is InChI=1S/C15H13N3S.HI/c1-18-8-6-12(7-9-18)4-5-13-11-16-17-15(13)14-3-2-10-19-14;/h2-11H,1H3;1H. The van der Waals surface area contributed by atoms with Crippen LogP contribution in [0.25, 0.3) is 22.7 Å². The molecule has 0 aromatic carbocycles. The van der Waals surface area contributed by atoms with Crippen LogP contribution in [0, 0.1) is 0 Å². The molecule has 0 unspecified atom stereocenters. The van der Waals surface area contributed by atoms with E-state index in [1.165, 1.54) is 10.4 Å². The summed E-state index contributed by atoms with van der Waals surface area (Å²) in [7, 11) is 2.01. The number of hydrogen-bond donors (Lipinski definition) is 1. The SMILES string of the molecule is C[n+]1ccc(/C=C/c2cn[nH]c2-c2cccs2)cc1.[I-]. The molecule has 3 heterocycles. The Labute approximate surface area is 139 Å². The maximum Gasteiger partial charge on any atom is 0.169 e. The number of halogens is 1. The quantitative estimate of drug-likeness (QED) is 0.497. The Morgan fingerprint density at radius 1 is 1.20 bits per heavy atom. The molecule has 0 saturated carbocycles. The number of nitrogens with one attached hydrogen (secondary N) is 1. The maximum atomic E-state index is 4.13. The van der Waals surface area contributed by atoms with Gasteiger partial charge in [-0.3, -0.25) is 5.10 Å². The Bertz CT molecular complexity index is 684. The van der Waals surface area contributed by atoms with Crippen LogP contribution in [-0.2, 0) is 7.05 Å². The van der Waals surface area contributed by atoms with Crippen LogP contribution in [0.2, 0.25) is 0 Å². The average molecular weight is 395 g/mol. The molecule has 3 aromatic heterocycles. The molecule has 0 saturated heterocycles. The minimum absolute atomic E-state index is 0. The lowest BCUT2D eigenvalue weighted by Crippen LogP contribution is -3.00. The number of aryl methyl sites for hydroxylation is 1. The van der Waals surface area contributed by atoms with Crippen molar-refractivity contribution in [2.45, 2.75) is 0 Å². The fraction of sp³-hybridized carbons (Fsp3) is 0.0667. The lowest BCUT2D eigenvalue weighted by Gasteiger charge is -1.95. The van der Waals surface area contributed by atoms with Crippen LogP contribution in [0.4, 0.5) is 0 Å². The molecule has 3 aromatic rings. The molecule has 0 fully saturated rings. The zero-order valence-electron chi connectivity index (χ0n) is 11.0. The van der Waals surface area contributed by atoms with Gasteiger partial charge in [-0.1, -0.05) is 18.2 Å². The number of pyridine rings is 1. The highest BCUT2D eigenvalue weighted by molar-refractivity contribution is 7.13. The Balaban J connectivity index is 0.00000147. The average Bonchev–Trinajstić information content (AvgIpc) is 3.08. The van der Waals surface area contributed by atoms with Crippen molar-refractivity contribution in [3.05, 3.63) is 59.4 Å². The molecule has 5 heteroatoms. The molecule has 0 amide bonds. The smallest absolute Gasteiger partial charge is 0.169 e. The second-order valence-corrected chi connectivity index (χ2v) is 5.26. The van der Waals surface area contributed by atoms with Crippen molar-refractivity contribution >= 4 is 23.5 Å².